The quantitative estimate of drug-likeness (QED) is 0.912. The maximum atomic E-state index is 12.2. The maximum Gasteiger partial charge on any atom is 0.249 e. The van der Waals surface area contributed by atoms with Crippen LogP contribution in [0, 0.1) is 0 Å². The van der Waals surface area contributed by atoms with Gasteiger partial charge in [-0.1, -0.05) is 12.1 Å². The molecule has 1 heterocycles. The number of benzene rings is 1. The molecule has 0 aliphatic heterocycles. The molecule has 5 nitrogen and oxygen atoms in total. The lowest BCUT2D eigenvalue weighted by Gasteiger charge is -2.09. The van der Waals surface area contributed by atoms with Gasteiger partial charge in [-0.2, -0.15) is 9.97 Å². The van der Waals surface area contributed by atoms with Crippen LogP contribution in [0.3, 0.4) is 0 Å². The molecule has 1 aromatic carbocycles. The second-order valence-electron chi connectivity index (χ2n) is 3.94. The van der Waals surface area contributed by atoms with Gasteiger partial charge in [-0.25, -0.2) is 8.78 Å². The fourth-order valence-corrected chi connectivity index (χ4v) is 1.59. The molecule has 0 bridgehead atoms. The van der Waals surface area contributed by atoms with Crippen molar-refractivity contribution in [2.45, 2.75) is 12.8 Å². The zero-order valence-corrected chi connectivity index (χ0v) is 10.7. The molecular formula is C13H13F2N3O2. The molecule has 0 saturated carbocycles. The van der Waals surface area contributed by atoms with Gasteiger partial charge in [-0.15, -0.1) is 0 Å². The summed E-state index contributed by atoms with van der Waals surface area (Å²) in [6, 6.07) is 6.28. The summed E-state index contributed by atoms with van der Waals surface area (Å²) in [7, 11) is 1.43. The first-order valence-electron chi connectivity index (χ1n) is 5.79. The van der Waals surface area contributed by atoms with E-state index in [0.29, 0.717) is 11.3 Å². The molecule has 0 atom stereocenters. The van der Waals surface area contributed by atoms with Crippen LogP contribution in [-0.4, -0.2) is 23.5 Å². The highest BCUT2D eigenvalue weighted by Crippen LogP contribution is 2.30. The average Bonchev–Trinajstić information content (AvgIpc) is 2.43. The molecule has 7 heteroatoms. The van der Waals surface area contributed by atoms with Gasteiger partial charge in [0.2, 0.25) is 18.2 Å². The van der Waals surface area contributed by atoms with Crippen molar-refractivity contribution in [3.63, 3.8) is 0 Å². The number of halogens is 2. The van der Waals surface area contributed by atoms with Crippen LogP contribution in [0.5, 0.6) is 17.5 Å². The van der Waals surface area contributed by atoms with E-state index in [1.807, 2.05) is 0 Å². The molecule has 20 heavy (non-hydrogen) atoms. The third kappa shape index (κ3) is 3.31. The fourth-order valence-electron chi connectivity index (χ4n) is 1.59. The number of nitrogens with two attached hydrogens (primary N) is 1. The highest BCUT2D eigenvalue weighted by molar-refractivity contribution is 5.56. The van der Waals surface area contributed by atoms with E-state index in [2.05, 4.69) is 9.97 Å². The average molecular weight is 281 g/mol. The maximum absolute atomic E-state index is 12.2. The molecule has 0 aliphatic carbocycles. The molecule has 2 aromatic rings. The minimum Gasteiger partial charge on any atom is -0.479 e. The van der Waals surface area contributed by atoms with Gasteiger partial charge < -0.3 is 15.2 Å². The van der Waals surface area contributed by atoms with Crippen molar-refractivity contribution in [2.75, 3.05) is 12.8 Å². The van der Waals surface area contributed by atoms with Crippen molar-refractivity contribution in [3.8, 4) is 17.5 Å². The van der Waals surface area contributed by atoms with Gasteiger partial charge in [0, 0.05) is 6.42 Å². The number of ether oxygens (including phenoxy) is 2. The van der Waals surface area contributed by atoms with Crippen molar-refractivity contribution in [2.24, 2.45) is 0 Å². The van der Waals surface area contributed by atoms with Crippen molar-refractivity contribution < 1.29 is 18.3 Å². The molecule has 0 amide bonds. The number of anilines is 1. The number of rotatable bonds is 5. The SMILES string of the molecule is COc1ncnc(Oc2ccc(CC(F)F)cc2)c1N. The van der Waals surface area contributed by atoms with E-state index in [1.54, 1.807) is 24.3 Å². The Morgan fingerprint density at radius 2 is 1.80 bits per heavy atom. The molecule has 0 fully saturated rings. The minimum absolute atomic E-state index is 0.151. The number of hydrogen-bond donors (Lipinski definition) is 1. The molecule has 0 unspecified atom stereocenters. The lowest BCUT2D eigenvalue weighted by atomic mass is 10.1. The number of nitrogen functional groups attached to an aromatic ring is 1. The first-order chi connectivity index (χ1) is 9.60. The smallest absolute Gasteiger partial charge is 0.249 e. The van der Waals surface area contributed by atoms with E-state index < -0.39 is 6.43 Å². The topological polar surface area (TPSA) is 70.3 Å². The summed E-state index contributed by atoms with van der Waals surface area (Å²) in [5.41, 5.74) is 6.46. The summed E-state index contributed by atoms with van der Waals surface area (Å²) in [5, 5.41) is 0. The molecule has 2 rings (SSSR count). The van der Waals surface area contributed by atoms with Gasteiger partial charge in [-0.3, -0.25) is 0 Å². The summed E-state index contributed by atoms with van der Waals surface area (Å²) < 4.78 is 34.9. The fraction of sp³-hybridized carbons (Fsp3) is 0.231. The third-order valence-electron chi connectivity index (χ3n) is 2.53. The Morgan fingerprint density at radius 1 is 1.15 bits per heavy atom. The van der Waals surface area contributed by atoms with E-state index in [9.17, 15) is 8.78 Å². The normalized spacial score (nSPS) is 10.6. The Hall–Kier alpha value is -2.44. The van der Waals surface area contributed by atoms with Gasteiger partial charge >= 0.3 is 0 Å². The first kappa shape index (κ1) is 14.0. The van der Waals surface area contributed by atoms with Crippen LogP contribution in [-0.2, 0) is 6.42 Å². The molecule has 0 spiro atoms. The third-order valence-corrected chi connectivity index (χ3v) is 2.53. The summed E-state index contributed by atoms with van der Waals surface area (Å²) in [5.74, 6) is 0.804. The van der Waals surface area contributed by atoms with Gasteiger partial charge in [0.05, 0.1) is 7.11 Å². The van der Waals surface area contributed by atoms with Crippen LogP contribution in [0.4, 0.5) is 14.5 Å². The van der Waals surface area contributed by atoms with Crippen molar-refractivity contribution in [3.05, 3.63) is 36.2 Å². The lowest BCUT2D eigenvalue weighted by Crippen LogP contribution is -2.00. The van der Waals surface area contributed by atoms with Crippen molar-refractivity contribution in [1.29, 1.82) is 0 Å². The van der Waals surface area contributed by atoms with Gasteiger partial charge in [-0.05, 0) is 17.7 Å². The summed E-state index contributed by atoms with van der Waals surface area (Å²) in [6.45, 7) is 0. The van der Waals surface area contributed by atoms with Crippen molar-refractivity contribution >= 4 is 5.69 Å². The highest BCUT2D eigenvalue weighted by atomic mass is 19.3. The minimum atomic E-state index is -2.37. The number of hydrogen-bond acceptors (Lipinski definition) is 5. The first-order valence-corrected chi connectivity index (χ1v) is 5.79. The standard InChI is InChI=1S/C13H13F2N3O2/c1-19-12-11(16)13(18-7-17-12)20-9-4-2-8(3-5-9)6-10(14)15/h2-5,7,10H,6,16H2,1H3. The van der Waals surface area contributed by atoms with Crippen molar-refractivity contribution in [1.82, 2.24) is 9.97 Å². The predicted molar refractivity (Wildman–Crippen MR) is 69.2 cm³/mol. The van der Waals surface area contributed by atoms with Gasteiger partial charge in [0.1, 0.15) is 12.1 Å². The molecule has 0 saturated heterocycles. The Bertz CT molecular complexity index is 576. The molecular weight excluding hydrogens is 268 g/mol. The number of nitrogens with zero attached hydrogens (tertiary/aromatic N) is 2. The highest BCUT2D eigenvalue weighted by Gasteiger charge is 2.11. The Balaban J connectivity index is 2.14. The second kappa shape index (κ2) is 6.14. The van der Waals surface area contributed by atoms with Crippen LogP contribution in [0.2, 0.25) is 0 Å². The predicted octanol–water partition coefficient (Wildman–Crippen LogP) is 2.67. The van der Waals surface area contributed by atoms with Crippen LogP contribution in [0.15, 0.2) is 30.6 Å². The molecule has 0 radical (unpaired) electrons. The Kier molecular flexibility index (Phi) is 4.29. The molecule has 106 valence electrons. The molecule has 2 N–H and O–H groups in total. The molecule has 0 aliphatic rings. The largest absolute Gasteiger partial charge is 0.479 e. The van der Waals surface area contributed by atoms with E-state index in [-0.39, 0.29) is 23.9 Å². The molecule has 1 aromatic heterocycles. The summed E-state index contributed by atoms with van der Waals surface area (Å²) in [6.07, 6.45) is -1.40. The van der Waals surface area contributed by atoms with E-state index in [1.165, 1.54) is 13.4 Å². The van der Waals surface area contributed by atoms with E-state index in [0.717, 1.165) is 0 Å². The van der Waals surface area contributed by atoms with Crippen LogP contribution in [0.25, 0.3) is 0 Å². The van der Waals surface area contributed by atoms with Crippen LogP contribution < -0.4 is 15.2 Å². The monoisotopic (exact) mass is 281 g/mol. The summed E-state index contributed by atoms with van der Waals surface area (Å²) in [4.78, 5) is 7.72. The van der Waals surface area contributed by atoms with E-state index >= 15 is 0 Å². The zero-order valence-electron chi connectivity index (χ0n) is 10.7. The van der Waals surface area contributed by atoms with Gasteiger partial charge in [0.25, 0.3) is 0 Å². The number of aromatic nitrogens is 2. The van der Waals surface area contributed by atoms with Gasteiger partial charge in [0.15, 0.2) is 5.69 Å². The Labute approximate surface area is 114 Å². The van der Waals surface area contributed by atoms with Crippen LogP contribution in [0.1, 0.15) is 5.56 Å². The Morgan fingerprint density at radius 3 is 2.40 bits per heavy atom. The zero-order chi connectivity index (χ0) is 14.5. The van der Waals surface area contributed by atoms with Crippen LogP contribution >= 0.6 is 0 Å². The second-order valence-corrected chi connectivity index (χ2v) is 3.94. The van der Waals surface area contributed by atoms with E-state index in [4.69, 9.17) is 15.2 Å². The number of methoxy groups -OCH3 is 1. The number of alkyl halides is 2. The lowest BCUT2D eigenvalue weighted by molar-refractivity contribution is 0.149. The summed E-state index contributed by atoms with van der Waals surface area (Å²) >= 11 is 0.